The molecule has 1 aromatic rings. The Bertz CT molecular complexity index is 1240. The maximum Gasteiger partial charge on any atom is 0.410 e. The summed E-state index contributed by atoms with van der Waals surface area (Å²) in [5, 5.41) is 8.59. The zero-order valence-electron chi connectivity index (χ0n) is 27.8. The van der Waals surface area contributed by atoms with Gasteiger partial charge in [-0.15, -0.1) is 5.10 Å². The maximum atomic E-state index is 13.4. The molecule has 0 radical (unpaired) electrons. The van der Waals surface area contributed by atoms with Crippen molar-refractivity contribution in [2.24, 2.45) is 16.6 Å². The zero-order valence-corrected chi connectivity index (χ0v) is 27.8. The van der Waals surface area contributed by atoms with E-state index in [2.05, 4.69) is 10.4 Å². The quantitative estimate of drug-likeness (QED) is 0.233. The van der Waals surface area contributed by atoms with Gasteiger partial charge < -0.3 is 40.8 Å². The number of carbonyl (C=O) groups is 4. The molecule has 1 saturated carbocycles. The minimum atomic E-state index is -0.841. The number of rotatable bonds is 6. The summed E-state index contributed by atoms with van der Waals surface area (Å²) in [6.07, 6.45) is 2.11. The fourth-order valence-electron chi connectivity index (χ4n) is 5.86. The second-order valence-corrected chi connectivity index (χ2v) is 13.2. The van der Waals surface area contributed by atoms with Crippen molar-refractivity contribution in [2.75, 3.05) is 45.8 Å². The lowest BCUT2D eigenvalue weighted by Gasteiger charge is -2.39. The summed E-state index contributed by atoms with van der Waals surface area (Å²) in [5.41, 5.74) is 11.5. The van der Waals surface area contributed by atoms with Gasteiger partial charge in [0.2, 0.25) is 11.9 Å². The average Bonchev–Trinajstić information content (AvgIpc) is 3.01. The predicted molar refractivity (Wildman–Crippen MR) is 174 cm³/mol. The Morgan fingerprint density at radius 3 is 1.91 bits per heavy atom. The van der Waals surface area contributed by atoms with Gasteiger partial charge in [-0.1, -0.05) is 30.3 Å². The minimum absolute atomic E-state index is 0.122. The van der Waals surface area contributed by atoms with Crippen LogP contribution in [0.5, 0.6) is 0 Å². The standard InChI is InChI=1S/C32H50N8O7/c1-32(2,3)47-30(43)38-17-15-37(16-18-38)29(42)45-24-11-7-13-25(14-8-12-24)46-31(44)40-20-19-39(36-28(33)34)22-26(40)27(41)35-21-23-9-5-4-6-10-23/h4-6,9-10,24-26H,7-8,11-22H2,1-3H3,(H,35,41)(H4,33,34,36). The molecule has 1 atom stereocenters. The van der Waals surface area contributed by atoms with Gasteiger partial charge >= 0.3 is 18.3 Å². The third kappa shape index (κ3) is 11.1. The van der Waals surface area contributed by atoms with E-state index in [9.17, 15) is 19.2 Å². The molecule has 4 rings (SSSR count). The molecule has 2 saturated heterocycles. The van der Waals surface area contributed by atoms with Crippen LogP contribution in [0.15, 0.2) is 35.4 Å². The van der Waals surface area contributed by atoms with Crippen LogP contribution < -0.4 is 16.8 Å². The van der Waals surface area contributed by atoms with Crippen molar-refractivity contribution >= 4 is 30.1 Å². The second kappa shape index (κ2) is 16.4. The molecule has 1 aromatic carbocycles. The van der Waals surface area contributed by atoms with Crippen molar-refractivity contribution in [3.63, 3.8) is 0 Å². The highest BCUT2D eigenvalue weighted by Crippen LogP contribution is 2.24. The highest BCUT2D eigenvalue weighted by atomic mass is 16.6. The Morgan fingerprint density at radius 1 is 0.809 bits per heavy atom. The van der Waals surface area contributed by atoms with E-state index in [1.54, 1.807) is 14.8 Å². The molecule has 260 valence electrons. The van der Waals surface area contributed by atoms with Crippen LogP contribution in [0.25, 0.3) is 0 Å². The second-order valence-electron chi connectivity index (χ2n) is 13.2. The summed E-state index contributed by atoms with van der Waals surface area (Å²) in [5.74, 6) is -0.446. The summed E-state index contributed by atoms with van der Waals surface area (Å²) in [6.45, 7) is 8.03. The smallest absolute Gasteiger partial charge is 0.410 e. The monoisotopic (exact) mass is 658 g/mol. The van der Waals surface area contributed by atoms with Gasteiger partial charge in [0.05, 0.1) is 13.1 Å². The van der Waals surface area contributed by atoms with Crippen molar-refractivity contribution in [2.45, 2.75) is 89.7 Å². The summed E-state index contributed by atoms with van der Waals surface area (Å²) in [4.78, 5) is 56.6. The Kier molecular flexibility index (Phi) is 12.4. The first-order chi connectivity index (χ1) is 22.4. The molecular weight excluding hydrogens is 608 g/mol. The van der Waals surface area contributed by atoms with E-state index in [0.29, 0.717) is 77.8 Å². The van der Waals surface area contributed by atoms with E-state index in [1.165, 1.54) is 4.90 Å². The van der Waals surface area contributed by atoms with Crippen LogP contribution in [0.1, 0.15) is 64.9 Å². The Hall–Kier alpha value is -4.43. The molecule has 47 heavy (non-hydrogen) atoms. The number of hydrogen-bond acceptors (Lipinski definition) is 9. The number of nitrogens with one attached hydrogen (secondary N) is 1. The Balaban J connectivity index is 1.24. The van der Waals surface area contributed by atoms with Gasteiger partial charge in [-0.05, 0) is 64.9 Å². The van der Waals surface area contributed by atoms with Gasteiger partial charge in [-0.2, -0.15) is 0 Å². The van der Waals surface area contributed by atoms with Gasteiger partial charge in [0.1, 0.15) is 23.9 Å². The third-order valence-corrected chi connectivity index (χ3v) is 8.29. The van der Waals surface area contributed by atoms with Crippen molar-refractivity contribution in [1.82, 2.24) is 25.0 Å². The van der Waals surface area contributed by atoms with Crippen LogP contribution in [0.3, 0.4) is 0 Å². The van der Waals surface area contributed by atoms with Crippen LogP contribution in [0, 0.1) is 0 Å². The lowest BCUT2D eigenvalue weighted by Crippen LogP contribution is -2.60. The molecule has 3 aliphatic rings. The van der Waals surface area contributed by atoms with Gasteiger partial charge in [0.25, 0.3) is 0 Å². The fraction of sp³-hybridized carbons (Fsp3) is 0.656. The zero-order chi connectivity index (χ0) is 34.0. The number of ether oxygens (including phenoxy) is 3. The molecule has 5 N–H and O–H groups in total. The molecule has 4 amide bonds. The number of carbonyl (C=O) groups excluding carboxylic acids is 4. The first kappa shape index (κ1) is 35.4. The topological polar surface area (TPSA) is 185 Å². The maximum absolute atomic E-state index is 13.4. The largest absolute Gasteiger partial charge is 0.446 e. The molecule has 2 heterocycles. The van der Waals surface area contributed by atoms with Gasteiger partial charge in [-0.3, -0.25) is 14.7 Å². The van der Waals surface area contributed by atoms with E-state index in [-0.39, 0.29) is 49.4 Å². The number of piperazine rings is 2. The number of hydrazone groups is 1. The summed E-state index contributed by atoms with van der Waals surface area (Å²) in [7, 11) is 0. The third-order valence-electron chi connectivity index (χ3n) is 8.29. The normalized spacial score (nSPS) is 22.3. The predicted octanol–water partition coefficient (Wildman–Crippen LogP) is 2.39. The molecule has 0 aromatic heterocycles. The van der Waals surface area contributed by atoms with Gasteiger partial charge in [0, 0.05) is 39.3 Å². The fourth-order valence-corrected chi connectivity index (χ4v) is 5.86. The van der Waals surface area contributed by atoms with E-state index < -0.39 is 17.7 Å². The molecule has 1 aliphatic carbocycles. The van der Waals surface area contributed by atoms with Crippen LogP contribution in [0.2, 0.25) is 0 Å². The number of amides is 4. The number of hydrogen-bond donors (Lipinski definition) is 3. The molecule has 1 unspecified atom stereocenters. The van der Waals surface area contributed by atoms with Crippen LogP contribution >= 0.6 is 0 Å². The van der Waals surface area contributed by atoms with Crippen LogP contribution in [-0.4, -0.2) is 120 Å². The molecule has 0 spiro atoms. The SMILES string of the molecule is CC(C)(C)OC(=O)N1CCN(C(=O)OC2CCCC(OC(=O)N3CCN(N=C(N)N)CC3C(=O)NCc3ccccc3)CCC2)CC1. The Morgan fingerprint density at radius 2 is 1.36 bits per heavy atom. The van der Waals surface area contributed by atoms with Gasteiger partial charge in [0.15, 0.2) is 0 Å². The lowest BCUT2D eigenvalue weighted by molar-refractivity contribution is -0.128. The van der Waals surface area contributed by atoms with Crippen molar-refractivity contribution < 1.29 is 33.4 Å². The summed E-state index contributed by atoms with van der Waals surface area (Å²) >= 11 is 0. The first-order valence-corrected chi connectivity index (χ1v) is 16.4. The number of benzene rings is 1. The van der Waals surface area contributed by atoms with Crippen molar-refractivity contribution in [3.05, 3.63) is 35.9 Å². The molecule has 0 bridgehead atoms. The summed E-state index contributed by atoms with van der Waals surface area (Å²) < 4.78 is 17.2. The highest BCUT2D eigenvalue weighted by molar-refractivity contribution is 5.86. The van der Waals surface area contributed by atoms with Crippen molar-refractivity contribution in [1.29, 1.82) is 0 Å². The molecule has 15 nitrogen and oxygen atoms in total. The van der Waals surface area contributed by atoms with Crippen LogP contribution in [0.4, 0.5) is 14.4 Å². The molecule has 2 aliphatic heterocycles. The molecular formula is C32H50N8O7. The van der Waals surface area contributed by atoms with Gasteiger partial charge in [-0.25, -0.2) is 14.4 Å². The van der Waals surface area contributed by atoms with Crippen molar-refractivity contribution in [3.8, 4) is 0 Å². The number of guanidine groups is 1. The highest BCUT2D eigenvalue weighted by Gasteiger charge is 2.37. The Labute approximate surface area is 276 Å². The first-order valence-electron chi connectivity index (χ1n) is 16.4. The van der Waals surface area contributed by atoms with Crippen LogP contribution in [-0.2, 0) is 25.5 Å². The van der Waals surface area contributed by atoms with E-state index in [1.807, 2.05) is 51.1 Å². The average molecular weight is 659 g/mol. The minimum Gasteiger partial charge on any atom is -0.446 e. The number of nitrogens with zero attached hydrogens (tertiary/aromatic N) is 5. The summed E-state index contributed by atoms with van der Waals surface area (Å²) in [6, 6.07) is 8.67. The molecule has 3 fully saturated rings. The lowest BCUT2D eigenvalue weighted by atomic mass is 9.96. The molecule has 15 heteroatoms. The number of nitrogens with two attached hydrogens (primary N) is 2. The van der Waals surface area contributed by atoms with E-state index in [0.717, 1.165) is 5.56 Å². The van der Waals surface area contributed by atoms with E-state index in [4.69, 9.17) is 25.7 Å². The van der Waals surface area contributed by atoms with E-state index >= 15 is 0 Å².